The number of nitrogens with zero attached hydrogens (tertiary/aromatic N) is 1. The maximum absolute atomic E-state index is 9.32. The lowest BCUT2D eigenvalue weighted by Crippen LogP contribution is -2.26. The van der Waals surface area contributed by atoms with Crippen molar-refractivity contribution in [2.45, 2.75) is 38.6 Å². The summed E-state index contributed by atoms with van der Waals surface area (Å²) >= 11 is 0. The van der Waals surface area contributed by atoms with Crippen LogP contribution >= 0.6 is 0 Å². The lowest BCUT2D eigenvalue weighted by molar-refractivity contribution is 0.222. The fourth-order valence-corrected chi connectivity index (χ4v) is 2.48. The topological polar surface area (TPSA) is 80.4 Å². The molecule has 19 heavy (non-hydrogen) atoms. The molecule has 2 atom stereocenters. The molecule has 1 aliphatic rings. The van der Waals surface area contributed by atoms with Gasteiger partial charge in [0, 0.05) is 18.6 Å². The van der Waals surface area contributed by atoms with Gasteiger partial charge in [0.2, 0.25) is 5.88 Å². The van der Waals surface area contributed by atoms with Crippen LogP contribution in [-0.2, 0) is 0 Å². The summed E-state index contributed by atoms with van der Waals surface area (Å²) in [5, 5.41) is 12.7. The van der Waals surface area contributed by atoms with Gasteiger partial charge in [-0.15, -0.1) is 0 Å². The van der Waals surface area contributed by atoms with E-state index in [1.165, 1.54) is 0 Å². The van der Waals surface area contributed by atoms with Gasteiger partial charge >= 0.3 is 0 Å². The Morgan fingerprint density at radius 2 is 2.32 bits per heavy atom. The highest BCUT2D eigenvalue weighted by molar-refractivity contribution is 5.54. The van der Waals surface area contributed by atoms with Crippen molar-refractivity contribution < 1.29 is 9.84 Å². The van der Waals surface area contributed by atoms with E-state index in [2.05, 4.69) is 10.3 Å². The van der Waals surface area contributed by atoms with Crippen molar-refractivity contribution in [3.63, 3.8) is 0 Å². The van der Waals surface area contributed by atoms with Crippen molar-refractivity contribution in [1.82, 2.24) is 4.98 Å². The van der Waals surface area contributed by atoms with E-state index in [1.54, 1.807) is 0 Å². The predicted octanol–water partition coefficient (Wildman–Crippen LogP) is 2.03. The molecule has 0 saturated heterocycles. The molecule has 5 heteroatoms. The van der Waals surface area contributed by atoms with Crippen LogP contribution in [-0.4, -0.2) is 29.3 Å². The quantitative estimate of drug-likeness (QED) is 0.733. The molecular weight excluding hydrogens is 242 g/mol. The minimum Gasteiger partial charge on any atom is -0.476 e. The summed E-state index contributed by atoms with van der Waals surface area (Å²) in [6.45, 7) is 2.89. The molecule has 5 nitrogen and oxygen atoms in total. The highest BCUT2D eigenvalue weighted by Crippen LogP contribution is 2.29. The first kappa shape index (κ1) is 13.9. The third-order valence-corrected chi connectivity index (χ3v) is 3.56. The Morgan fingerprint density at radius 1 is 1.47 bits per heavy atom. The first-order valence-corrected chi connectivity index (χ1v) is 7.01. The minimum absolute atomic E-state index is 0.228. The molecule has 1 heterocycles. The summed E-state index contributed by atoms with van der Waals surface area (Å²) in [5.74, 6) is 1.58. The van der Waals surface area contributed by atoms with E-state index in [0.29, 0.717) is 30.1 Å². The zero-order chi connectivity index (χ0) is 13.7. The van der Waals surface area contributed by atoms with Gasteiger partial charge in [0.15, 0.2) is 0 Å². The van der Waals surface area contributed by atoms with Gasteiger partial charge in [-0.1, -0.05) is 13.3 Å². The maximum Gasteiger partial charge on any atom is 0.239 e. The van der Waals surface area contributed by atoms with Crippen molar-refractivity contribution in [2.75, 3.05) is 24.3 Å². The highest BCUT2D eigenvalue weighted by atomic mass is 16.5. The molecule has 106 valence electrons. The van der Waals surface area contributed by atoms with Crippen LogP contribution in [0.15, 0.2) is 12.1 Å². The van der Waals surface area contributed by atoms with E-state index in [4.69, 9.17) is 10.5 Å². The second kappa shape index (κ2) is 6.61. The number of aliphatic hydroxyl groups excluding tert-OH is 1. The fourth-order valence-electron chi connectivity index (χ4n) is 2.48. The molecule has 4 N–H and O–H groups in total. The van der Waals surface area contributed by atoms with Gasteiger partial charge < -0.3 is 20.9 Å². The molecule has 2 rings (SSSR count). The second-order valence-electron chi connectivity index (χ2n) is 5.06. The number of pyridine rings is 1. The Bertz CT molecular complexity index is 412. The van der Waals surface area contributed by atoms with Crippen LogP contribution in [0, 0.1) is 5.92 Å². The Balaban J connectivity index is 2.03. The predicted molar refractivity (Wildman–Crippen MR) is 76.3 cm³/mol. The zero-order valence-electron chi connectivity index (χ0n) is 11.4. The van der Waals surface area contributed by atoms with Gasteiger partial charge in [0.05, 0.1) is 12.3 Å². The largest absolute Gasteiger partial charge is 0.476 e. The van der Waals surface area contributed by atoms with Crippen molar-refractivity contribution in [3.8, 4) is 5.88 Å². The Kier molecular flexibility index (Phi) is 4.85. The molecule has 0 amide bonds. The summed E-state index contributed by atoms with van der Waals surface area (Å²) < 4.78 is 5.52. The number of anilines is 2. The van der Waals surface area contributed by atoms with E-state index in [-0.39, 0.29) is 6.61 Å². The van der Waals surface area contributed by atoms with Crippen LogP contribution in [0.25, 0.3) is 0 Å². The van der Waals surface area contributed by atoms with Gasteiger partial charge in [-0.3, -0.25) is 0 Å². The van der Waals surface area contributed by atoms with E-state index >= 15 is 0 Å². The third kappa shape index (κ3) is 3.50. The number of hydrogen-bond donors (Lipinski definition) is 3. The fraction of sp³-hybridized carbons (Fsp3) is 0.643. The number of hydrogen-bond acceptors (Lipinski definition) is 5. The van der Waals surface area contributed by atoms with E-state index in [9.17, 15) is 5.11 Å². The van der Waals surface area contributed by atoms with Crippen LogP contribution in [0.3, 0.4) is 0 Å². The number of aliphatic hydroxyl groups is 1. The molecule has 1 aromatic rings. The average Bonchev–Trinajstić information content (AvgIpc) is 2.86. The smallest absolute Gasteiger partial charge is 0.239 e. The standard InChI is InChI=1S/C14H23N3O2/c1-2-8-19-14-11(15)6-7-13(17-14)16-12-5-3-4-10(12)9-18/h6-7,10,12,18H,2-5,8-9,15H2,1H3,(H,16,17). The highest BCUT2D eigenvalue weighted by Gasteiger charge is 2.26. The van der Waals surface area contributed by atoms with Crippen molar-refractivity contribution in [3.05, 3.63) is 12.1 Å². The molecular formula is C14H23N3O2. The number of nitrogens with one attached hydrogen (secondary N) is 1. The third-order valence-electron chi connectivity index (χ3n) is 3.56. The molecule has 1 fully saturated rings. The summed E-state index contributed by atoms with van der Waals surface area (Å²) in [7, 11) is 0. The first-order valence-electron chi connectivity index (χ1n) is 7.01. The van der Waals surface area contributed by atoms with Gasteiger partial charge in [0.1, 0.15) is 5.82 Å². The monoisotopic (exact) mass is 265 g/mol. The van der Waals surface area contributed by atoms with Crippen LogP contribution in [0.5, 0.6) is 5.88 Å². The summed E-state index contributed by atoms with van der Waals surface area (Å²) in [5.41, 5.74) is 6.40. The van der Waals surface area contributed by atoms with E-state index in [0.717, 1.165) is 31.5 Å². The molecule has 1 saturated carbocycles. The van der Waals surface area contributed by atoms with Crippen LogP contribution in [0.4, 0.5) is 11.5 Å². The van der Waals surface area contributed by atoms with Crippen LogP contribution < -0.4 is 15.8 Å². The molecule has 0 aliphatic heterocycles. The molecule has 0 aromatic carbocycles. The molecule has 2 unspecified atom stereocenters. The summed E-state index contributed by atoms with van der Waals surface area (Å²) in [6.07, 6.45) is 4.22. The Hall–Kier alpha value is -1.49. The van der Waals surface area contributed by atoms with Crippen LogP contribution in [0.1, 0.15) is 32.6 Å². The summed E-state index contributed by atoms with van der Waals surface area (Å²) in [4.78, 5) is 4.40. The molecule has 0 bridgehead atoms. The Labute approximate surface area is 114 Å². The number of rotatable bonds is 6. The first-order chi connectivity index (χ1) is 9.24. The molecule has 0 radical (unpaired) electrons. The molecule has 1 aromatic heterocycles. The van der Waals surface area contributed by atoms with Crippen LogP contribution in [0.2, 0.25) is 0 Å². The van der Waals surface area contributed by atoms with Crippen molar-refractivity contribution in [2.24, 2.45) is 5.92 Å². The second-order valence-corrected chi connectivity index (χ2v) is 5.06. The minimum atomic E-state index is 0.228. The number of aromatic nitrogens is 1. The number of nitrogen functional groups attached to an aromatic ring is 1. The van der Waals surface area contributed by atoms with Gasteiger partial charge in [-0.2, -0.15) is 4.98 Å². The average molecular weight is 265 g/mol. The van der Waals surface area contributed by atoms with E-state index in [1.807, 2.05) is 19.1 Å². The number of ether oxygens (including phenoxy) is 1. The maximum atomic E-state index is 9.32. The number of nitrogens with two attached hydrogens (primary N) is 1. The summed E-state index contributed by atoms with van der Waals surface area (Å²) in [6, 6.07) is 3.96. The Morgan fingerprint density at radius 3 is 3.05 bits per heavy atom. The van der Waals surface area contributed by atoms with Gasteiger partial charge in [-0.25, -0.2) is 0 Å². The normalized spacial score (nSPS) is 22.4. The SMILES string of the molecule is CCCOc1nc(NC2CCCC2CO)ccc1N. The van der Waals surface area contributed by atoms with Crippen molar-refractivity contribution in [1.29, 1.82) is 0 Å². The van der Waals surface area contributed by atoms with Crippen molar-refractivity contribution >= 4 is 11.5 Å². The molecule has 1 aliphatic carbocycles. The van der Waals surface area contributed by atoms with Gasteiger partial charge in [0.25, 0.3) is 0 Å². The lowest BCUT2D eigenvalue weighted by atomic mass is 10.1. The van der Waals surface area contributed by atoms with Gasteiger partial charge in [-0.05, 0) is 31.4 Å². The van der Waals surface area contributed by atoms with E-state index < -0.39 is 0 Å². The zero-order valence-corrected chi connectivity index (χ0v) is 11.4. The molecule has 0 spiro atoms. The lowest BCUT2D eigenvalue weighted by Gasteiger charge is -2.20.